The van der Waals surface area contributed by atoms with Crippen molar-refractivity contribution in [2.75, 3.05) is 0 Å². The molecule has 0 spiro atoms. The highest BCUT2D eigenvalue weighted by atomic mass is 35.5. The van der Waals surface area contributed by atoms with Gasteiger partial charge in [0.25, 0.3) is 0 Å². The van der Waals surface area contributed by atoms with E-state index in [9.17, 15) is 28.5 Å². The second-order valence-corrected chi connectivity index (χ2v) is 6.33. The third-order valence-electron chi connectivity index (χ3n) is 4.18. The first-order chi connectivity index (χ1) is 12.6. The summed E-state index contributed by atoms with van der Waals surface area (Å²) < 4.78 is 39.3. The Morgan fingerprint density at radius 1 is 1.22 bits per heavy atom. The van der Waals surface area contributed by atoms with Crippen LogP contribution in [-0.4, -0.2) is 15.7 Å². The third-order valence-corrected chi connectivity index (χ3v) is 4.73. The minimum absolute atomic E-state index is 0.282. The minimum atomic E-state index is -4.51. The molecule has 0 radical (unpaired) electrons. The van der Waals surface area contributed by atoms with Crippen LogP contribution in [0.25, 0.3) is 0 Å². The average molecular weight is 395 g/mol. The second-order valence-electron chi connectivity index (χ2n) is 5.96. The zero-order valence-electron chi connectivity index (χ0n) is 14.4. The van der Waals surface area contributed by atoms with Crippen LogP contribution in [0.15, 0.2) is 24.3 Å². The van der Waals surface area contributed by atoms with Gasteiger partial charge in [0.2, 0.25) is 5.91 Å². The summed E-state index contributed by atoms with van der Waals surface area (Å²) in [7, 11) is 0. The third kappa shape index (κ3) is 4.29. The molecule has 9 heteroatoms. The van der Waals surface area contributed by atoms with Crippen LogP contribution in [0.2, 0.25) is 5.02 Å². The first-order valence-electron chi connectivity index (χ1n) is 7.81. The van der Waals surface area contributed by atoms with Crippen molar-refractivity contribution in [1.82, 2.24) is 9.78 Å². The van der Waals surface area contributed by atoms with E-state index < -0.39 is 29.5 Å². The number of hydrogen-bond acceptors (Lipinski definition) is 4. The molecule has 0 amide bonds. The summed E-state index contributed by atoms with van der Waals surface area (Å²) >= 11 is 6.03. The summed E-state index contributed by atoms with van der Waals surface area (Å²) in [6.07, 6.45) is -4.79. The zero-order valence-corrected chi connectivity index (χ0v) is 15.1. The van der Waals surface area contributed by atoms with E-state index in [0.29, 0.717) is 16.4 Å². The number of carbonyl (C=O) groups excluding carboxylic acids is 1. The van der Waals surface area contributed by atoms with Crippen LogP contribution in [0.4, 0.5) is 13.2 Å². The molecule has 1 aromatic heterocycles. The lowest BCUT2D eigenvalue weighted by molar-refractivity contribution is -0.137. The number of nitrogens with zero attached hydrogens (tertiary/aromatic N) is 4. The van der Waals surface area contributed by atoms with Gasteiger partial charge in [-0.3, -0.25) is 4.79 Å². The SMILES string of the molecule is Cc1nn(C(=O)CC(c2ccc(C(F)(F)F)cc2)C(C#N)C#N)c(C)c1Cl. The van der Waals surface area contributed by atoms with Crippen molar-refractivity contribution in [1.29, 1.82) is 10.5 Å². The van der Waals surface area contributed by atoms with E-state index >= 15 is 0 Å². The Balaban J connectivity index is 2.38. The summed E-state index contributed by atoms with van der Waals surface area (Å²) in [6.45, 7) is 3.22. The molecule has 1 atom stereocenters. The van der Waals surface area contributed by atoms with Crippen LogP contribution in [0.3, 0.4) is 0 Å². The molecule has 27 heavy (non-hydrogen) atoms. The fourth-order valence-electron chi connectivity index (χ4n) is 2.70. The summed E-state index contributed by atoms with van der Waals surface area (Å²) in [6, 6.07) is 7.66. The smallest absolute Gasteiger partial charge is 0.273 e. The second kappa shape index (κ2) is 7.81. The van der Waals surface area contributed by atoms with E-state index in [1.54, 1.807) is 26.0 Å². The number of nitriles is 2. The number of halogens is 4. The van der Waals surface area contributed by atoms with Gasteiger partial charge in [0.05, 0.1) is 34.1 Å². The van der Waals surface area contributed by atoms with E-state index in [2.05, 4.69) is 5.10 Å². The van der Waals surface area contributed by atoms with Crippen molar-refractivity contribution in [2.24, 2.45) is 5.92 Å². The van der Waals surface area contributed by atoms with E-state index in [0.717, 1.165) is 16.8 Å². The predicted molar refractivity (Wildman–Crippen MR) is 90.9 cm³/mol. The van der Waals surface area contributed by atoms with Crippen LogP contribution in [-0.2, 0) is 6.18 Å². The Morgan fingerprint density at radius 2 is 1.78 bits per heavy atom. The number of aromatic nitrogens is 2. The van der Waals surface area contributed by atoms with Crippen LogP contribution in [0, 0.1) is 42.4 Å². The maximum Gasteiger partial charge on any atom is 0.416 e. The standard InChI is InChI=1S/C18H14ClF3N4O/c1-10-17(19)11(2)26(25-10)16(27)7-15(13(8-23)9-24)12-3-5-14(6-4-12)18(20,21)22/h3-6,13,15H,7H2,1-2H3. The van der Waals surface area contributed by atoms with Gasteiger partial charge >= 0.3 is 6.18 Å². The van der Waals surface area contributed by atoms with Gasteiger partial charge in [-0.25, -0.2) is 4.68 Å². The van der Waals surface area contributed by atoms with Crippen molar-refractivity contribution in [3.63, 3.8) is 0 Å². The predicted octanol–water partition coefficient (Wildman–Crippen LogP) is 4.65. The minimum Gasteiger partial charge on any atom is -0.273 e. The van der Waals surface area contributed by atoms with Gasteiger partial charge < -0.3 is 0 Å². The molecule has 0 N–H and O–H groups in total. The fourth-order valence-corrected chi connectivity index (χ4v) is 2.82. The molecule has 0 fully saturated rings. The summed E-state index contributed by atoms with van der Waals surface area (Å²) in [5, 5.41) is 22.8. The number of alkyl halides is 3. The van der Waals surface area contributed by atoms with Gasteiger partial charge in [0, 0.05) is 12.3 Å². The van der Waals surface area contributed by atoms with Gasteiger partial charge in [-0.1, -0.05) is 23.7 Å². The van der Waals surface area contributed by atoms with Crippen molar-refractivity contribution in [2.45, 2.75) is 32.4 Å². The Hall–Kier alpha value is -2.84. The highest BCUT2D eigenvalue weighted by Gasteiger charge is 2.32. The Morgan fingerprint density at radius 3 is 2.19 bits per heavy atom. The molecule has 2 aromatic rings. The zero-order chi connectivity index (χ0) is 20.4. The Kier molecular flexibility index (Phi) is 5.92. The molecule has 0 aliphatic rings. The molecule has 0 bridgehead atoms. The van der Waals surface area contributed by atoms with Crippen LogP contribution >= 0.6 is 11.6 Å². The number of benzene rings is 1. The lowest BCUT2D eigenvalue weighted by Crippen LogP contribution is -2.21. The maximum atomic E-state index is 12.7. The quantitative estimate of drug-likeness (QED) is 0.755. The van der Waals surface area contributed by atoms with Gasteiger partial charge in [-0.05, 0) is 31.5 Å². The largest absolute Gasteiger partial charge is 0.416 e. The van der Waals surface area contributed by atoms with Crippen LogP contribution in [0.1, 0.15) is 39.6 Å². The monoisotopic (exact) mass is 394 g/mol. The number of carbonyl (C=O) groups is 1. The molecule has 1 unspecified atom stereocenters. The number of aryl methyl sites for hydroxylation is 1. The van der Waals surface area contributed by atoms with Crippen molar-refractivity contribution >= 4 is 17.5 Å². The summed E-state index contributed by atoms with van der Waals surface area (Å²) in [5.41, 5.74) is 0.297. The molecule has 0 saturated carbocycles. The normalized spacial score (nSPS) is 12.5. The highest BCUT2D eigenvalue weighted by Crippen LogP contribution is 2.33. The van der Waals surface area contributed by atoms with Crippen molar-refractivity contribution < 1.29 is 18.0 Å². The molecule has 1 heterocycles. The highest BCUT2D eigenvalue weighted by molar-refractivity contribution is 6.32. The average Bonchev–Trinajstić information content (AvgIpc) is 2.88. The van der Waals surface area contributed by atoms with Gasteiger partial charge in [-0.2, -0.15) is 28.8 Å². The lowest BCUT2D eigenvalue weighted by Gasteiger charge is -2.18. The van der Waals surface area contributed by atoms with Gasteiger partial charge in [-0.15, -0.1) is 0 Å². The topological polar surface area (TPSA) is 82.5 Å². The van der Waals surface area contributed by atoms with E-state index in [-0.39, 0.29) is 12.0 Å². The van der Waals surface area contributed by atoms with Gasteiger partial charge in [0.15, 0.2) is 0 Å². The van der Waals surface area contributed by atoms with Gasteiger partial charge in [0.1, 0.15) is 5.92 Å². The Bertz CT molecular complexity index is 922. The molecule has 0 saturated heterocycles. The summed E-state index contributed by atoms with van der Waals surface area (Å²) in [5.74, 6) is -2.63. The lowest BCUT2D eigenvalue weighted by atomic mass is 9.84. The first-order valence-corrected chi connectivity index (χ1v) is 8.19. The van der Waals surface area contributed by atoms with Crippen LogP contribution in [0.5, 0.6) is 0 Å². The molecular formula is C18H14ClF3N4O. The Labute approximate surface area is 158 Å². The number of rotatable bonds is 4. The molecule has 0 aliphatic carbocycles. The van der Waals surface area contributed by atoms with Crippen molar-refractivity contribution in [3.8, 4) is 12.1 Å². The molecule has 140 valence electrons. The number of hydrogen-bond donors (Lipinski definition) is 0. The van der Waals surface area contributed by atoms with Crippen LogP contribution < -0.4 is 0 Å². The molecule has 1 aromatic carbocycles. The van der Waals surface area contributed by atoms with E-state index in [4.69, 9.17) is 11.6 Å². The molecule has 5 nitrogen and oxygen atoms in total. The maximum absolute atomic E-state index is 12.7. The summed E-state index contributed by atoms with van der Waals surface area (Å²) in [4.78, 5) is 12.6. The molecule has 2 rings (SSSR count). The fraction of sp³-hybridized carbons (Fsp3) is 0.333. The first kappa shape index (κ1) is 20.5. The van der Waals surface area contributed by atoms with E-state index in [1.807, 2.05) is 0 Å². The van der Waals surface area contributed by atoms with E-state index in [1.165, 1.54) is 12.1 Å². The molecule has 0 aliphatic heterocycles. The molecular weight excluding hydrogens is 381 g/mol. The van der Waals surface area contributed by atoms with Crippen molar-refractivity contribution in [3.05, 3.63) is 51.8 Å².